The van der Waals surface area contributed by atoms with E-state index in [4.69, 9.17) is 9.15 Å². The number of rotatable bonds is 9. The van der Waals surface area contributed by atoms with Gasteiger partial charge in [0.2, 0.25) is 11.7 Å². The average Bonchev–Trinajstić information content (AvgIpc) is 3.69. The lowest BCUT2D eigenvalue weighted by molar-refractivity contribution is -0.144. The van der Waals surface area contributed by atoms with Gasteiger partial charge >= 0.3 is 0 Å². The van der Waals surface area contributed by atoms with E-state index >= 15 is 0 Å². The van der Waals surface area contributed by atoms with Crippen molar-refractivity contribution in [1.29, 1.82) is 0 Å². The summed E-state index contributed by atoms with van der Waals surface area (Å²) in [5.41, 5.74) is 1.95. The molecule has 5 rings (SSSR count). The number of nitrogens with zero attached hydrogens (tertiary/aromatic N) is 5. The number of carbonyl (C=O) groups is 2. The predicted molar refractivity (Wildman–Crippen MR) is 135 cm³/mol. The van der Waals surface area contributed by atoms with E-state index in [0.717, 1.165) is 49.7 Å². The molecule has 1 aliphatic heterocycles. The molecular formula is C27H34N6O4. The lowest BCUT2D eigenvalue weighted by Gasteiger charge is -2.32. The van der Waals surface area contributed by atoms with E-state index in [1.807, 2.05) is 44.2 Å². The maximum Gasteiger partial charge on any atom is 0.250 e. The summed E-state index contributed by atoms with van der Waals surface area (Å²) >= 11 is 0. The van der Waals surface area contributed by atoms with Crippen LogP contribution in [0.1, 0.15) is 61.7 Å². The molecule has 1 aliphatic carbocycles. The Morgan fingerprint density at radius 3 is 2.54 bits per heavy atom. The smallest absolute Gasteiger partial charge is 0.250 e. The first-order valence-corrected chi connectivity index (χ1v) is 13.1. The van der Waals surface area contributed by atoms with Crippen molar-refractivity contribution in [3.8, 4) is 11.4 Å². The molecule has 37 heavy (non-hydrogen) atoms. The van der Waals surface area contributed by atoms with Gasteiger partial charge < -0.3 is 19.4 Å². The molecule has 0 spiro atoms. The summed E-state index contributed by atoms with van der Waals surface area (Å²) in [7, 11) is 0. The fourth-order valence-corrected chi connectivity index (χ4v) is 5.07. The average molecular weight is 507 g/mol. The summed E-state index contributed by atoms with van der Waals surface area (Å²) in [6.45, 7) is 4.61. The predicted octanol–water partition coefficient (Wildman–Crippen LogP) is 3.36. The van der Waals surface area contributed by atoms with Gasteiger partial charge in [0.15, 0.2) is 6.04 Å². The highest BCUT2D eigenvalue weighted by Gasteiger charge is 2.37. The molecule has 2 amide bonds. The largest absolute Gasteiger partial charge is 0.464 e. The van der Waals surface area contributed by atoms with Crippen LogP contribution in [0.5, 0.6) is 0 Å². The third kappa shape index (κ3) is 6.07. The van der Waals surface area contributed by atoms with Gasteiger partial charge in [-0.05, 0) is 56.9 Å². The van der Waals surface area contributed by atoms with Crippen molar-refractivity contribution in [2.45, 2.75) is 77.1 Å². The van der Waals surface area contributed by atoms with Gasteiger partial charge in [-0.1, -0.05) is 42.7 Å². The Bertz CT molecular complexity index is 1210. The fraction of sp³-hybridized carbons (Fsp3) is 0.519. The maximum atomic E-state index is 13.8. The molecule has 2 unspecified atom stereocenters. The molecule has 1 aromatic carbocycles. The molecule has 10 heteroatoms. The minimum Gasteiger partial charge on any atom is -0.464 e. The number of ether oxygens (including phenoxy) is 1. The Kier molecular flexibility index (Phi) is 7.64. The summed E-state index contributed by atoms with van der Waals surface area (Å²) in [6.07, 6.45) is 5.69. The summed E-state index contributed by atoms with van der Waals surface area (Å²) in [5, 5.41) is 15.8. The molecule has 2 aromatic heterocycles. The number of benzene rings is 1. The topological polar surface area (TPSA) is 115 Å². The van der Waals surface area contributed by atoms with Gasteiger partial charge in [0.25, 0.3) is 5.91 Å². The highest BCUT2D eigenvalue weighted by Crippen LogP contribution is 2.28. The quantitative estimate of drug-likeness (QED) is 0.473. The van der Waals surface area contributed by atoms with E-state index in [1.54, 1.807) is 11.0 Å². The number of amides is 2. The molecule has 0 radical (unpaired) electrons. The minimum atomic E-state index is -0.911. The lowest BCUT2D eigenvalue weighted by Crippen LogP contribution is -2.49. The highest BCUT2D eigenvalue weighted by molar-refractivity contribution is 5.88. The summed E-state index contributed by atoms with van der Waals surface area (Å²) < 4.78 is 11.8. The maximum absolute atomic E-state index is 13.8. The zero-order valence-electron chi connectivity index (χ0n) is 21.4. The van der Waals surface area contributed by atoms with E-state index in [1.165, 1.54) is 4.80 Å². The van der Waals surface area contributed by atoms with Crippen LogP contribution in [0.4, 0.5) is 0 Å². The van der Waals surface area contributed by atoms with Crippen molar-refractivity contribution < 1.29 is 18.7 Å². The Labute approximate surface area is 216 Å². The molecule has 10 nitrogen and oxygen atoms in total. The van der Waals surface area contributed by atoms with E-state index < -0.39 is 6.04 Å². The lowest BCUT2D eigenvalue weighted by atomic mass is 10.1. The van der Waals surface area contributed by atoms with Crippen molar-refractivity contribution in [3.05, 3.63) is 53.5 Å². The van der Waals surface area contributed by atoms with Crippen LogP contribution in [-0.2, 0) is 20.9 Å². The second-order valence-electron chi connectivity index (χ2n) is 10.0. The first-order chi connectivity index (χ1) is 18.0. The second kappa shape index (κ2) is 11.2. The molecule has 2 aliphatic rings. The van der Waals surface area contributed by atoms with Gasteiger partial charge in [-0.15, -0.1) is 10.2 Å². The molecule has 3 aromatic rings. The fourth-order valence-electron chi connectivity index (χ4n) is 5.07. The number of furan rings is 1. The van der Waals surface area contributed by atoms with Gasteiger partial charge in [-0.2, -0.15) is 4.80 Å². The van der Waals surface area contributed by atoms with Crippen molar-refractivity contribution >= 4 is 11.8 Å². The van der Waals surface area contributed by atoms with Crippen LogP contribution in [0.3, 0.4) is 0 Å². The Balaban J connectivity index is 1.40. The molecule has 3 heterocycles. The number of tetrazole rings is 1. The summed E-state index contributed by atoms with van der Waals surface area (Å²) in [6, 6.07) is 10.6. The number of carbonyl (C=O) groups excluding carboxylic acids is 2. The van der Waals surface area contributed by atoms with Crippen molar-refractivity contribution in [3.63, 3.8) is 0 Å². The number of nitrogens with one attached hydrogen (secondary N) is 1. The molecule has 2 atom stereocenters. The number of aryl methyl sites for hydroxylation is 2. The van der Waals surface area contributed by atoms with E-state index in [9.17, 15) is 9.59 Å². The molecule has 1 saturated carbocycles. The molecule has 1 saturated heterocycles. The minimum absolute atomic E-state index is 0.111. The van der Waals surface area contributed by atoms with Crippen LogP contribution < -0.4 is 5.32 Å². The highest BCUT2D eigenvalue weighted by atomic mass is 16.5. The number of hydrogen-bond acceptors (Lipinski definition) is 7. The number of hydrogen-bond donors (Lipinski definition) is 1. The van der Waals surface area contributed by atoms with E-state index in [0.29, 0.717) is 24.0 Å². The molecule has 2 fully saturated rings. The molecular weight excluding hydrogens is 472 g/mol. The number of aromatic nitrogens is 4. The normalized spacial score (nSPS) is 18.7. The van der Waals surface area contributed by atoms with Gasteiger partial charge in [0.1, 0.15) is 18.1 Å². The molecule has 0 bridgehead atoms. The Morgan fingerprint density at radius 2 is 1.86 bits per heavy atom. The van der Waals surface area contributed by atoms with Crippen LogP contribution in [0, 0.1) is 13.8 Å². The summed E-state index contributed by atoms with van der Waals surface area (Å²) in [4.78, 5) is 30.3. The molecule has 1 N–H and O–H groups in total. The van der Waals surface area contributed by atoms with Crippen LogP contribution in [0.2, 0.25) is 0 Å². The van der Waals surface area contributed by atoms with Gasteiger partial charge in [0.05, 0.1) is 6.10 Å². The molecule has 196 valence electrons. The van der Waals surface area contributed by atoms with Gasteiger partial charge in [-0.3, -0.25) is 9.59 Å². The van der Waals surface area contributed by atoms with E-state index in [-0.39, 0.29) is 37.0 Å². The van der Waals surface area contributed by atoms with Crippen LogP contribution in [0.15, 0.2) is 40.8 Å². The van der Waals surface area contributed by atoms with Crippen molar-refractivity contribution in [1.82, 2.24) is 30.4 Å². The second-order valence-corrected chi connectivity index (χ2v) is 10.0. The standard InChI is InChI=1S/C27H34N6O4/c1-18-9-12-20(13-10-18)26-29-31-33(30-26)17-24(34)32(16-22-8-5-15-36-22)25(23-14-11-19(2)37-23)27(35)28-21-6-3-4-7-21/h9-14,21-22,25H,3-8,15-17H2,1-2H3,(H,28,35). The van der Waals surface area contributed by atoms with Gasteiger partial charge in [-0.25, -0.2) is 0 Å². The van der Waals surface area contributed by atoms with E-state index in [2.05, 4.69) is 20.7 Å². The Morgan fingerprint density at radius 1 is 1.08 bits per heavy atom. The third-order valence-electron chi connectivity index (χ3n) is 7.08. The Hall–Kier alpha value is -3.53. The van der Waals surface area contributed by atoms with Crippen LogP contribution >= 0.6 is 0 Å². The van der Waals surface area contributed by atoms with Crippen molar-refractivity contribution in [2.24, 2.45) is 0 Å². The SMILES string of the molecule is Cc1ccc(-c2nnn(CC(=O)N(CC3CCCO3)C(C(=O)NC3CCCC3)c3ccc(C)o3)n2)cc1. The zero-order chi connectivity index (χ0) is 25.8. The van der Waals surface area contributed by atoms with Crippen molar-refractivity contribution in [2.75, 3.05) is 13.2 Å². The van der Waals surface area contributed by atoms with Gasteiger partial charge in [0, 0.05) is 24.8 Å². The monoisotopic (exact) mass is 506 g/mol. The summed E-state index contributed by atoms with van der Waals surface area (Å²) in [5.74, 6) is 1.02. The zero-order valence-corrected chi connectivity index (χ0v) is 21.4. The first kappa shape index (κ1) is 25.1. The third-order valence-corrected chi connectivity index (χ3v) is 7.08. The van der Waals surface area contributed by atoms with Crippen LogP contribution in [-0.4, -0.2) is 62.2 Å². The van der Waals surface area contributed by atoms with Crippen LogP contribution in [0.25, 0.3) is 11.4 Å². The first-order valence-electron chi connectivity index (χ1n) is 13.1.